The molecule has 2 aromatic carbocycles. The summed E-state index contributed by atoms with van der Waals surface area (Å²) in [6, 6.07) is 12.5. The van der Waals surface area contributed by atoms with E-state index in [1.165, 1.54) is 35.0 Å². The second-order valence-corrected chi connectivity index (χ2v) is 8.85. The van der Waals surface area contributed by atoms with E-state index < -0.39 is 10.0 Å². The highest BCUT2D eigenvalue weighted by Crippen LogP contribution is 2.28. The number of carbonyl (C=O) groups is 1. The fraction of sp³-hybridized carbons (Fsp3) is 0.316. The Morgan fingerprint density at radius 3 is 2.33 bits per heavy atom. The van der Waals surface area contributed by atoms with Crippen molar-refractivity contribution < 1.29 is 13.2 Å². The van der Waals surface area contributed by atoms with Crippen molar-refractivity contribution in [3.05, 3.63) is 53.1 Å². The van der Waals surface area contributed by atoms with E-state index in [2.05, 4.69) is 29.3 Å². The van der Waals surface area contributed by atoms with Crippen LogP contribution in [0.4, 0.5) is 11.4 Å². The van der Waals surface area contributed by atoms with Gasteiger partial charge in [0.15, 0.2) is 0 Å². The van der Waals surface area contributed by atoms with Gasteiger partial charge in [0.1, 0.15) is 0 Å². The van der Waals surface area contributed by atoms with Crippen molar-refractivity contribution in [1.29, 1.82) is 0 Å². The van der Waals surface area contributed by atoms with E-state index in [9.17, 15) is 13.2 Å². The molecule has 27 heavy (non-hydrogen) atoms. The van der Waals surface area contributed by atoms with Gasteiger partial charge in [-0.3, -0.25) is 4.79 Å². The molecule has 1 saturated heterocycles. The number of carbonyl (C=O) groups excluding carboxylic acids is 1. The third kappa shape index (κ3) is 4.26. The SMILES string of the molecule is CC(=O)Nc1ccc(S(=O)(=O)N2CCN(c3ccccc3C)CC2)cc1Cl. The normalized spacial score (nSPS) is 15.6. The third-order valence-electron chi connectivity index (χ3n) is 4.58. The molecule has 0 bridgehead atoms. The number of halogens is 1. The van der Waals surface area contributed by atoms with Gasteiger partial charge in [0, 0.05) is 38.8 Å². The van der Waals surface area contributed by atoms with Crippen molar-refractivity contribution in [1.82, 2.24) is 4.31 Å². The van der Waals surface area contributed by atoms with Gasteiger partial charge in [0.2, 0.25) is 15.9 Å². The zero-order valence-electron chi connectivity index (χ0n) is 15.3. The third-order valence-corrected chi connectivity index (χ3v) is 6.79. The minimum absolute atomic E-state index is 0.131. The van der Waals surface area contributed by atoms with Crippen molar-refractivity contribution in [2.45, 2.75) is 18.7 Å². The largest absolute Gasteiger partial charge is 0.369 e. The fourth-order valence-electron chi connectivity index (χ4n) is 3.18. The maximum Gasteiger partial charge on any atom is 0.243 e. The Labute approximate surface area is 164 Å². The summed E-state index contributed by atoms with van der Waals surface area (Å²) in [5.74, 6) is -0.264. The number of piperazine rings is 1. The monoisotopic (exact) mass is 407 g/mol. The lowest BCUT2D eigenvalue weighted by molar-refractivity contribution is -0.114. The molecule has 0 atom stereocenters. The Morgan fingerprint density at radius 2 is 1.74 bits per heavy atom. The number of hydrogen-bond donors (Lipinski definition) is 1. The first-order valence-electron chi connectivity index (χ1n) is 8.67. The second kappa shape index (κ2) is 7.88. The number of sulfonamides is 1. The molecule has 2 aromatic rings. The molecule has 1 aliphatic heterocycles. The van der Waals surface area contributed by atoms with Crippen LogP contribution in [-0.4, -0.2) is 44.8 Å². The maximum atomic E-state index is 12.9. The Balaban J connectivity index is 1.74. The van der Waals surface area contributed by atoms with E-state index in [1.54, 1.807) is 0 Å². The Kier molecular flexibility index (Phi) is 5.74. The predicted octanol–water partition coefficient (Wildman–Crippen LogP) is 3.12. The van der Waals surface area contributed by atoms with Gasteiger partial charge in [-0.2, -0.15) is 4.31 Å². The highest BCUT2D eigenvalue weighted by molar-refractivity contribution is 7.89. The van der Waals surface area contributed by atoms with E-state index >= 15 is 0 Å². The molecule has 1 heterocycles. The quantitative estimate of drug-likeness (QED) is 0.845. The van der Waals surface area contributed by atoms with Crippen molar-refractivity contribution >= 4 is 38.9 Å². The van der Waals surface area contributed by atoms with Crippen LogP contribution in [0.1, 0.15) is 12.5 Å². The first-order valence-corrected chi connectivity index (χ1v) is 10.5. The van der Waals surface area contributed by atoms with Crippen LogP contribution in [0.15, 0.2) is 47.4 Å². The van der Waals surface area contributed by atoms with Crippen LogP contribution in [0.2, 0.25) is 5.02 Å². The number of anilines is 2. The number of aryl methyl sites for hydroxylation is 1. The number of amides is 1. The Hall–Kier alpha value is -2.09. The minimum atomic E-state index is -3.64. The van der Waals surface area contributed by atoms with Gasteiger partial charge in [0.25, 0.3) is 0 Å². The fourth-order valence-corrected chi connectivity index (χ4v) is 4.93. The number of nitrogens with zero attached hydrogens (tertiary/aromatic N) is 2. The Bertz CT molecular complexity index is 954. The molecule has 6 nitrogen and oxygen atoms in total. The highest BCUT2D eigenvalue weighted by atomic mass is 35.5. The highest BCUT2D eigenvalue weighted by Gasteiger charge is 2.29. The number of rotatable bonds is 4. The summed E-state index contributed by atoms with van der Waals surface area (Å²) < 4.78 is 27.4. The van der Waals surface area contributed by atoms with Gasteiger partial charge >= 0.3 is 0 Å². The van der Waals surface area contributed by atoms with Crippen LogP contribution in [0, 0.1) is 6.92 Å². The standard InChI is InChI=1S/C19H22ClN3O3S/c1-14-5-3-4-6-19(14)22-9-11-23(12-10-22)27(25,26)16-7-8-18(17(20)13-16)21-15(2)24/h3-8,13H,9-12H2,1-2H3,(H,21,24). The van der Waals surface area contributed by atoms with Crippen LogP contribution in [0.5, 0.6) is 0 Å². The lowest BCUT2D eigenvalue weighted by Crippen LogP contribution is -2.48. The average molecular weight is 408 g/mol. The van der Waals surface area contributed by atoms with Crippen LogP contribution < -0.4 is 10.2 Å². The summed E-state index contributed by atoms with van der Waals surface area (Å²) in [7, 11) is -3.64. The molecule has 1 N–H and O–H groups in total. The summed E-state index contributed by atoms with van der Waals surface area (Å²) in [5.41, 5.74) is 2.71. The molecule has 1 fully saturated rings. The zero-order chi connectivity index (χ0) is 19.6. The molecule has 0 aliphatic carbocycles. The van der Waals surface area contributed by atoms with Crippen LogP contribution in [0.3, 0.4) is 0 Å². The van der Waals surface area contributed by atoms with Gasteiger partial charge in [-0.05, 0) is 36.8 Å². The van der Waals surface area contributed by atoms with Gasteiger partial charge in [-0.1, -0.05) is 29.8 Å². The van der Waals surface area contributed by atoms with E-state index in [0.29, 0.717) is 31.9 Å². The van der Waals surface area contributed by atoms with Crippen molar-refractivity contribution in [2.24, 2.45) is 0 Å². The van der Waals surface area contributed by atoms with Crippen molar-refractivity contribution in [2.75, 3.05) is 36.4 Å². The summed E-state index contributed by atoms with van der Waals surface area (Å²) in [6.07, 6.45) is 0. The van der Waals surface area contributed by atoms with Crippen molar-refractivity contribution in [3.63, 3.8) is 0 Å². The molecule has 0 unspecified atom stereocenters. The molecule has 3 rings (SSSR count). The van der Waals surface area contributed by atoms with Gasteiger partial charge in [-0.25, -0.2) is 8.42 Å². The molecule has 144 valence electrons. The topological polar surface area (TPSA) is 69.7 Å². The van der Waals surface area contributed by atoms with Crippen LogP contribution in [0.25, 0.3) is 0 Å². The van der Waals surface area contributed by atoms with Crippen LogP contribution in [-0.2, 0) is 14.8 Å². The van der Waals surface area contributed by atoms with E-state index in [4.69, 9.17) is 11.6 Å². The number of nitrogens with one attached hydrogen (secondary N) is 1. The first-order chi connectivity index (χ1) is 12.8. The van der Waals surface area contributed by atoms with Crippen molar-refractivity contribution in [3.8, 4) is 0 Å². The lowest BCUT2D eigenvalue weighted by Gasteiger charge is -2.36. The van der Waals surface area contributed by atoms with E-state index in [-0.39, 0.29) is 15.8 Å². The average Bonchev–Trinajstić information content (AvgIpc) is 2.63. The van der Waals surface area contributed by atoms with Gasteiger partial charge in [0.05, 0.1) is 15.6 Å². The zero-order valence-corrected chi connectivity index (χ0v) is 16.8. The molecular weight excluding hydrogens is 386 g/mol. The molecular formula is C19H22ClN3O3S. The van der Waals surface area contributed by atoms with E-state index in [0.717, 1.165) is 5.69 Å². The summed E-state index contributed by atoms with van der Waals surface area (Å²) >= 11 is 6.13. The molecule has 8 heteroatoms. The molecule has 0 radical (unpaired) electrons. The van der Waals surface area contributed by atoms with Crippen LogP contribution >= 0.6 is 11.6 Å². The summed E-state index contributed by atoms with van der Waals surface area (Å²) in [6.45, 7) is 5.49. The van der Waals surface area contributed by atoms with Gasteiger partial charge in [-0.15, -0.1) is 0 Å². The van der Waals surface area contributed by atoms with E-state index in [1.807, 2.05) is 12.1 Å². The molecule has 0 saturated carbocycles. The summed E-state index contributed by atoms with van der Waals surface area (Å²) in [5, 5.41) is 2.77. The number of para-hydroxylation sites is 1. The molecule has 1 amide bonds. The number of hydrogen-bond acceptors (Lipinski definition) is 4. The minimum Gasteiger partial charge on any atom is -0.369 e. The predicted molar refractivity (Wildman–Crippen MR) is 108 cm³/mol. The molecule has 0 spiro atoms. The van der Waals surface area contributed by atoms with Gasteiger partial charge < -0.3 is 10.2 Å². The molecule has 0 aromatic heterocycles. The first kappa shape index (κ1) is 19.7. The molecule has 1 aliphatic rings. The smallest absolute Gasteiger partial charge is 0.243 e. The summed E-state index contributed by atoms with van der Waals surface area (Å²) in [4.78, 5) is 13.5. The maximum absolute atomic E-state index is 12.9. The Morgan fingerprint density at radius 1 is 1.07 bits per heavy atom. The lowest BCUT2D eigenvalue weighted by atomic mass is 10.1. The number of benzene rings is 2. The second-order valence-electron chi connectivity index (χ2n) is 6.50.